The Balaban J connectivity index is 1.70. The zero-order valence-corrected chi connectivity index (χ0v) is 14.3. The summed E-state index contributed by atoms with van der Waals surface area (Å²) in [6.07, 6.45) is 1.49. The van der Waals surface area contributed by atoms with E-state index in [1.165, 1.54) is 6.26 Å². The van der Waals surface area contributed by atoms with Crippen molar-refractivity contribution in [2.45, 2.75) is 6.61 Å². The van der Waals surface area contributed by atoms with E-state index in [0.717, 1.165) is 15.0 Å². The first-order chi connectivity index (χ1) is 11.2. The summed E-state index contributed by atoms with van der Waals surface area (Å²) in [6.45, 7) is 0.273. The number of furan rings is 1. The number of carbonyl (C=O) groups is 1. The Kier molecular flexibility index (Phi) is 4.97. The van der Waals surface area contributed by atoms with Crippen molar-refractivity contribution < 1.29 is 13.9 Å². The molecule has 1 N–H and O–H groups in total. The molecule has 0 unspecified atom stereocenters. The van der Waals surface area contributed by atoms with Gasteiger partial charge in [0.1, 0.15) is 12.4 Å². The molecule has 0 fully saturated rings. The molecule has 2 aromatic carbocycles. The summed E-state index contributed by atoms with van der Waals surface area (Å²) < 4.78 is 12.0. The molecule has 0 bridgehead atoms. The van der Waals surface area contributed by atoms with E-state index in [1.54, 1.807) is 6.07 Å². The van der Waals surface area contributed by atoms with Crippen molar-refractivity contribution in [1.29, 1.82) is 0 Å². The molecule has 0 aliphatic heterocycles. The molecule has 3 aromatic rings. The Morgan fingerprint density at radius 3 is 2.57 bits per heavy atom. The Hall–Kier alpha value is -2.28. The van der Waals surface area contributed by atoms with Gasteiger partial charge in [-0.15, -0.1) is 0 Å². The number of rotatable bonds is 5. The van der Waals surface area contributed by atoms with Crippen LogP contribution < -0.4 is 10.1 Å². The summed E-state index contributed by atoms with van der Waals surface area (Å²) in [5.41, 5.74) is 1.46. The molecule has 3 rings (SSSR count). The van der Waals surface area contributed by atoms with E-state index >= 15 is 0 Å². The first kappa shape index (κ1) is 15.6. The smallest absolute Gasteiger partial charge is 0.291 e. The Bertz CT molecular complexity index is 799. The molecule has 0 saturated heterocycles. The number of para-hydroxylation sites is 2. The Labute approximate surface area is 147 Å². The van der Waals surface area contributed by atoms with Crippen LogP contribution in [-0.2, 0) is 6.61 Å². The van der Waals surface area contributed by atoms with Gasteiger partial charge in [-0.1, -0.05) is 30.3 Å². The third-order valence-corrected chi connectivity index (χ3v) is 4.15. The highest BCUT2D eigenvalue weighted by atomic mass is 127. The van der Waals surface area contributed by atoms with Gasteiger partial charge in [-0.3, -0.25) is 4.79 Å². The fourth-order valence-corrected chi connectivity index (χ4v) is 2.59. The highest BCUT2D eigenvalue weighted by Crippen LogP contribution is 2.20. The summed E-state index contributed by atoms with van der Waals surface area (Å²) >= 11 is 2.17. The van der Waals surface area contributed by atoms with Gasteiger partial charge in [0, 0.05) is 9.13 Å². The second kappa shape index (κ2) is 7.32. The number of nitrogens with one attached hydrogen (secondary N) is 1. The van der Waals surface area contributed by atoms with Gasteiger partial charge in [0.05, 0.1) is 12.0 Å². The number of hydrogen-bond donors (Lipinski definition) is 1. The van der Waals surface area contributed by atoms with Crippen LogP contribution in [0.1, 0.15) is 16.1 Å². The normalized spacial score (nSPS) is 10.3. The summed E-state index contributed by atoms with van der Waals surface area (Å²) in [5, 5.41) is 2.86. The summed E-state index contributed by atoms with van der Waals surface area (Å²) in [6, 6.07) is 18.8. The first-order valence-corrected chi connectivity index (χ1v) is 8.12. The lowest BCUT2D eigenvalue weighted by molar-refractivity contribution is 0.0993. The van der Waals surface area contributed by atoms with Crippen LogP contribution in [0.2, 0.25) is 0 Å². The van der Waals surface area contributed by atoms with Crippen LogP contribution in [-0.4, -0.2) is 5.91 Å². The SMILES string of the molecule is O=C(Nc1ccccc1I)c1occc1COc1ccccc1. The predicted octanol–water partition coefficient (Wildman–Crippen LogP) is 4.72. The highest BCUT2D eigenvalue weighted by Gasteiger charge is 2.17. The van der Waals surface area contributed by atoms with Gasteiger partial charge in [0.25, 0.3) is 5.91 Å². The quantitative estimate of drug-likeness (QED) is 0.610. The molecule has 1 aromatic heterocycles. The number of carbonyl (C=O) groups excluding carboxylic acids is 1. The Morgan fingerprint density at radius 1 is 1.04 bits per heavy atom. The van der Waals surface area contributed by atoms with Crippen molar-refractivity contribution in [3.05, 3.63) is 81.8 Å². The maximum Gasteiger partial charge on any atom is 0.291 e. The molecule has 0 saturated carbocycles. The van der Waals surface area contributed by atoms with Gasteiger partial charge in [0.2, 0.25) is 0 Å². The number of benzene rings is 2. The van der Waals surface area contributed by atoms with Crippen LogP contribution in [0.15, 0.2) is 71.3 Å². The fourth-order valence-electron chi connectivity index (χ4n) is 2.07. The van der Waals surface area contributed by atoms with Gasteiger partial charge in [-0.2, -0.15) is 0 Å². The van der Waals surface area contributed by atoms with Crippen molar-refractivity contribution in [2.24, 2.45) is 0 Å². The highest BCUT2D eigenvalue weighted by molar-refractivity contribution is 14.1. The molecule has 4 nitrogen and oxygen atoms in total. The molecule has 0 radical (unpaired) electrons. The second-order valence-corrected chi connectivity index (χ2v) is 5.97. The molecule has 0 atom stereocenters. The van der Waals surface area contributed by atoms with E-state index in [2.05, 4.69) is 27.9 Å². The molecule has 0 aliphatic rings. The van der Waals surface area contributed by atoms with E-state index in [9.17, 15) is 4.79 Å². The average molecular weight is 419 g/mol. The lowest BCUT2D eigenvalue weighted by Crippen LogP contribution is -2.14. The lowest BCUT2D eigenvalue weighted by Gasteiger charge is -2.08. The number of amides is 1. The topological polar surface area (TPSA) is 51.5 Å². The van der Waals surface area contributed by atoms with E-state index < -0.39 is 0 Å². The Morgan fingerprint density at radius 2 is 1.78 bits per heavy atom. The lowest BCUT2D eigenvalue weighted by atomic mass is 10.2. The number of hydrogen-bond acceptors (Lipinski definition) is 3. The molecule has 116 valence electrons. The molecule has 0 spiro atoms. The number of anilines is 1. The number of halogens is 1. The van der Waals surface area contributed by atoms with Crippen molar-refractivity contribution in [2.75, 3.05) is 5.32 Å². The second-order valence-electron chi connectivity index (χ2n) is 4.81. The molecular weight excluding hydrogens is 405 g/mol. The molecular formula is C18H14INO3. The molecule has 5 heteroatoms. The maximum atomic E-state index is 12.4. The van der Waals surface area contributed by atoms with E-state index in [4.69, 9.17) is 9.15 Å². The fraction of sp³-hybridized carbons (Fsp3) is 0.0556. The molecule has 1 amide bonds. The van der Waals surface area contributed by atoms with Crippen molar-refractivity contribution in [3.8, 4) is 5.75 Å². The van der Waals surface area contributed by atoms with Crippen LogP contribution in [0.3, 0.4) is 0 Å². The third kappa shape index (κ3) is 3.92. The van der Waals surface area contributed by atoms with Gasteiger partial charge in [-0.25, -0.2) is 0 Å². The van der Waals surface area contributed by atoms with Gasteiger partial charge in [0.15, 0.2) is 5.76 Å². The minimum Gasteiger partial charge on any atom is -0.489 e. The first-order valence-electron chi connectivity index (χ1n) is 7.04. The summed E-state index contributed by atoms with van der Waals surface area (Å²) in [7, 11) is 0. The molecule has 1 heterocycles. The zero-order chi connectivity index (χ0) is 16.1. The molecule has 0 aliphatic carbocycles. The van der Waals surface area contributed by atoms with Crippen LogP contribution in [0.25, 0.3) is 0 Å². The average Bonchev–Trinajstić information content (AvgIpc) is 3.05. The van der Waals surface area contributed by atoms with Crippen LogP contribution in [0.4, 0.5) is 5.69 Å². The minimum absolute atomic E-state index is 0.264. The third-order valence-electron chi connectivity index (χ3n) is 3.21. The predicted molar refractivity (Wildman–Crippen MR) is 96.6 cm³/mol. The van der Waals surface area contributed by atoms with Crippen LogP contribution >= 0.6 is 22.6 Å². The van der Waals surface area contributed by atoms with Crippen molar-refractivity contribution in [3.63, 3.8) is 0 Å². The standard InChI is InChI=1S/C18H14INO3/c19-15-8-4-5-9-16(15)20-18(21)17-13(10-11-22-17)12-23-14-6-2-1-3-7-14/h1-11H,12H2,(H,20,21). The minimum atomic E-state index is -0.286. The van der Waals surface area contributed by atoms with E-state index in [-0.39, 0.29) is 18.3 Å². The maximum absolute atomic E-state index is 12.4. The van der Waals surface area contributed by atoms with Crippen molar-refractivity contribution in [1.82, 2.24) is 0 Å². The van der Waals surface area contributed by atoms with Gasteiger partial charge in [-0.05, 0) is 52.9 Å². The van der Waals surface area contributed by atoms with Crippen LogP contribution in [0, 0.1) is 3.57 Å². The summed E-state index contributed by atoms with van der Waals surface area (Å²) in [4.78, 5) is 12.4. The van der Waals surface area contributed by atoms with Crippen LogP contribution in [0.5, 0.6) is 5.75 Å². The number of ether oxygens (including phenoxy) is 1. The summed E-state index contributed by atoms with van der Waals surface area (Å²) in [5.74, 6) is 0.726. The largest absolute Gasteiger partial charge is 0.489 e. The van der Waals surface area contributed by atoms with E-state index in [1.807, 2.05) is 54.6 Å². The van der Waals surface area contributed by atoms with Crippen molar-refractivity contribution >= 4 is 34.2 Å². The van der Waals surface area contributed by atoms with E-state index in [0.29, 0.717) is 5.56 Å². The molecule has 23 heavy (non-hydrogen) atoms. The van der Waals surface area contributed by atoms with Gasteiger partial charge >= 0.3 is 0 Å². The monoisotopic (exact) mass is 419 g/mol. The van der Waals surface area contributed by atoms with Gasteiger partial charge < -0.3 is 14.5 Å². The zero-order valence-electron chi connectivity index (χ0n) is 12.2.